The predicted octanol–water partition coefficient (Wildman–Crippen LogP) is 2.74. The number of carbonyl (C=O) groups excluding carboxylic acids is 2. The first-order chi connectivity index (χ1) is 13.7. The topological polar surface area (TPSA) is 114 Å². The van der Waals surface area contributed by atoms with Gasteiger partial charge in [-0.05, 0) is 27.7 Å². The molecule has 146 valence electrons. The lowest BCUT2D eigenvalue weighted by atomic mass is 9.71. The molecule has 29 heavy (non-hydrogen) atoms. The van der Waals surface area contributed by atoms with Crippen molar-refractivity contribution in [2.75, 3.05) is 0 Å². The Bertz CT molecular complexity index is 1330. The number of rotatable bonds is 1. The van der Waals surface area contributed by atoms with Crippen LogP contribution in [0.2, 0.25) is 0 Å². The van der Waals surface area contributed by atoms with Crippen LogP contribution in [0.1, 0.15) is 57.1 Å². The molecule has 1 aromatic carbocycles. The van der Waals surface area contributed by atoms with Crippen LogP contribution >= 0.6 is 0 Å². The highest BCUT2D eigenvalue weighted by molar-refractivity contribution is 6.10. The Morgan fingerprint density at radius 2 is 1.97 bits per heavy atom. The van der Waals surface area contributed by atoms with Gasteiger partial charge in [0.15, 0.2) is 17.2 Å². The van der Waals surface area contributed by atoms with Gasteiger partial charge in [0.05, 0.1) is 28.7 Å². The van der Waals surface area contributed by atoms with Crippen molar-refractivity contribution in [2.24, 2.45) is 0 Å². The van der Waals surface area contributed by atoms with Gasteiger partial charge in [0.25, 0.3) is 0 Å². The van der Waals surface area contributed by atoms with E-state index in [4.69, 9.17) is 4.74 Å². The molecule has 0 saturated carbocycles. The zero-order valence-corrected chi connectivity index (χ0v) is 16.2. The van der Waals surface area contributed by atoms with E-state index in [-0.39, 0.29) is 39.9 Å². The van der Waals surface area contributed by atoms with Crippen molar-refractivity contribution in [1.29, 1.82) is 0 Å². The standard InChI is InChI=1S/C21H17N3O5/c1-8-17(27)15(10(3)25)19-16(18(8)28)21(4)12(29-19)7-11(26)14-9(2)23-13-5-6-22-24(13)20(14)21/h5-7,27-28H,1-4H3/t21-/m0/s1. The van der Waals surface area contributed by atoms with Crippen molar-refractivity contribution in [1.82, 2.24) is 14.6 Å². The highest BCUT2D eigenvalue weighted by Crippen LogP contribution is 2.59. The van der Waals surface area contributed by atoms with Crippen LogP contribution in [-0.4, -0.2) is 36.4 Å². The van der Waals surface area contributed by atoms with E-state index in [0.717, 1.165) is 0 Å². The number of aromatic nitrogens is 3. The number of ether oxygens (including phenoxy) is 1. The molecule has 1 atom stereocenters. The summed E-state index contributed by atoms with van der Waals surface area (Å²) in [6.45, 7) is 6.38. The molecule has 8 nitrogen and oxygen atoms in total. The molecule has 0 amide bonds. The number of carbonyl (C=O) groups is 2. The Morgan fingerprint density at radius 3 is 2.66 bits per heavy atom. The number of allylic oxidation sites excluding steroid dienone is 2. The molecule has 1 aliphatic heterocycles. The van der Waals surface area contributed by atoms with Gasteiger partial charge in [-0.1, -0.05) is 0 Å². The zero-order chi connectivity index (χ0) is 20.8. The minimum absolute atomic E-state index is 0.0247. The van der Waals surface area contributed by atoms with Gasteiger partial charge >= 0.3 is 0 Å². The molecular formula is C21H17N3O5. The van der Waals surface area contributed by atoms with Crippen LogP contribution in [0.3, 0.4) is 0 Å². The predicted molar refractivity (Wildman–Crippen MR) is 102 cm³/mol. The molecule has 3 heterocycles. The fourth-order valence-corrected chi connectivity index (χ4v) is 4.47. The number of benzene rings is 1. The number of phenols is 2. The molecule has 0 bridgehead atoms. The summed E-state index contributed by atoms with van der Waals surface area (Å²) in [5.74, 6) is -0.918. The number of phenolic OH excluding ortho intramolecular Hbond substituents is 2. The van der Waals surface area contributed by atoms with E-state index >= 15 is 0 Å². The largest absolute Gasteiger partial charge is 0.507 e. The smallest absolute Gasteiger partial charge is 0.192 e. The molecule has 0 unspecified atom stereocenters. The van der Waals surface area contributed by atoms with Crippen LogP contribution in [0, 0.1) is 13.8 Å². The molecule has 2 N–H and O–H groups in total. The third-order valence-electron chi connectivity index (χ3n) is 5.89. The van der Waals surface area contributed by atoms with Crippen LogP contribution in [0.5, 0.6) is 17.2 Å². The van der Waals surface area contributed by atoms with E-state index < -0.39 is 11.2 Å². The first kappa shape index (κ1) is 17.4. The van der Waals surface area contributed by atoms with Crippen molar-refractivity contribution >= 4 is 17.2 Å². The second-order valence-corrected chi connectivity index (χ2v) is 7.58. The fraction of sp³-hybridized carbons (Fsp3) is 0.238. The number of ketones is 2. The number of Topliss-reactive ketones (excluding diaryl/α,β-unsaturated/α-hetero) is 1. The number of aromatic hydroxyl groups is 2. The molecule has 3 aromatic rings. The third-order valence-corrected chi connectivity index (χ3v) is 5.89. The molecule has 1 aliphatic carbocycles. The number of aryl methyl sites for hydroxylation is 1. The normalized spacial score (nSPS) is 19.4. The van der Waals surface area contributed by atoms with Gasteiger partial charge in [-0.3, -0.25) is 9.59 Å². The number of fused-ring (bicyclic) bond motifs is 7. The van der Waals surface area contributed by atoms with E-state index in [2.05, 4.69) is 10.1 Å². The van der Waals surface area contributed by atoms with Gasteiger partial charge < -0.3 is 14.9 Å². The zero-order valence-electron chi connectivity index (χ0n) is 16.2. The summed E-state index contributed by atoms with van der Waals surface area (Å²) in [6.07, 6.45) is 2.93. The minimum Gasteiger partial charge on any atom is -0.507 e. The van der Waals surface area contributed by atoms with Crippen LogP contribution in [-0.2, 0) is 5.41 Å². The van der Waals surface area contributed by atoms with Gasteiger partial charge in [-0.25, -0.2) is 9.50 Å². The summed E-state index contributed by atoms with van der Waals surface area (Å²) in [5, 5.41) is 25.8. The first-order valence-electron chi connectivity index (χ1n) is 9.07. The van der Waals surface area contributed by atoms with Crippen molar-refractivity contribution in [3.8, 4) is 17.2 Å². The van der Waals surface area contributed by atoms with Crippen molar-refractivity contribution in [3.63, 3.8) is 0 Å². The lowest BCUT2D eigenvalue weighted by Gasteiger charge is -2.31. The maximum atomic E-state index is 12.9. The molecular weight excluding hydrogens is 374 g/mol. The summed E-state index contributed by atoms with van der Waals surface area (Å²) in [4.78, 5) is 29.7. The average molecular weight is 391 g/mol. The molecule has 0 saturated heterocycles. The van der Waals surface area contributed by atoms with Gasteiger partial charge in [-0.15, -0.1) is 0 Å². The number of nitrogens with zero attached hydrogens (tertiary/aromatic N) is 3. The van der Waals surface area contributed by atoms with Gasteiger partial charge in [0, 0.05) is 17.7 Å². The van der Waals surface area contributed by atoms with E-state index in [1.165, 1.54) is 19.9 Å². The van der Waals surface area contributed by atoms with Gasteiger partial charge in [0.1, 0.15) is 34.0 Å². The first-order valence-corrected chi connectivity index (χ1v) is 9.07. The Balaban J connectivity index is 2.00. The van der Waals surface area contributed by atoms with Gasteiger partial charge in [-0.2, -0.15) is 5.10 Å². The minimum atomic E-state index is -1.11. The molecule has 2 aliphatic rings. The van der Waals surface area contributed by atoms with Crippen LogP contribution in [0.4, 0.5) is 0 Å². The third kappa shape index (κ3) is 1.88. The second-order valence-electron chi connectivity index (χ2n) is 7.58. The summed E-state index contributed by atoms with van der Waals surface area (Å²) >= 11 is 0. The lowest BCUT2D eigenvalue weighted by molar-refractivity contribution is 0.101. The van der Waals surface area contributed by atoms with E-state index in [1.54, 1.807) is 30.6 Å². The Morgan fingerprint density at radius 1 is 1.24 bits per heavy atom. The molecule has 0 radical (unpaired) electrons. The quantitative estimate of drug-likeness (QED) is 0.613. The second kappa shape index (κ2) is 5.22. The highest BCUT2D eigenvalue weighted by atomic mass is 16.5. The van der Waals surface area contributed by atoms with E-state index in [1.807, 2.05) is 0 Å². The molecule has 2 aromatic heterocycles. The van der Waals surface area contributed by atoms with Crippen LogP contribution in [0.15, 0.2) is 24.1 Å². The molecule has 0 spiro atoms. The van der Waals surface area contributed by atoms with E-state index in [0.29, 0.717) is 28.2 Å². The maximum absolute atomic E-state index is 12.9. The van der Waals surface area contributed by atoms with Crippen molar-refractivity contribution < 1.29 is 24.5 Å². The highest BCUT2D eigenvalue weighted by Gasteiger charge is 2.54. The summed E-state index contributed by atoms with van der Waals surface area (Å²) in [6, 6.07) is 1.72. The summed E-state index contributed by atoms with van der Waals surface area (Å²) in [5.41, 5.74) is 1.31. The molecule has 8 heteroatoms. The van der Waals surface area contributed by atoms with Crippen molar-refractivity contribution in [2.45, 2.75) is 33.1 Å². The van der Waals surface area contributed by atoms with Crippen LogP contribution in [0.25, 0.3) is 5.65 Å². The Hall–Kier alpha value is -3.68. The number of hydrogen-bond acceptors (Lipinski definition) is 7. The fourth-order valence-electron chi connectivity index (χ4n) is 4.47. The van der Waals surface area contributed by atoms with Crippen molar-refractivity contribution in [3.05, 3.63) is 57.7 Å². The van der Waals surface area contributed by atoms with Gasteiger partial charge in [0.2, 0.25) is 0 Å². The summed E-state index contributed by atoms with van der Waals surface area (Å²) < 4.78 is 7.51. The molecule has 0 fully saturated rings. The number of hydrogen-bond donors (Lipinski definition) is 2. The monoisotopic (exact) mass is 391 g/mol. The van der Waals surface area contributed by atoms with E-state index in [9.17, 15) is 19.8 Å². The lowest BCUT2D eigenvalue weighted by Crippen LogP contribution is -2.34. The maximum Gasteiger partial charge on any atom is 0.192 e. The average Bonchev–Trinajstić information content (AvgIpc) is 3.21. The molecule has 5 rings (SSSR count). The summed E-state index contributed by atoms with van der Waals surface area (Å²) in [7, 11) is 0. The Kier molecular flexibility index (Phi) is 3.14. The SMILES string of the molecule is CC(=O)c1c(O)c(C)c(O)c2c1OC1=CC(=O)c3c(C)nc4ccnn4c3[C@@]12C. The van der Waals surface area contributed by atoms with Crippen LogP contribution < -0.4 is 4.74 Å². The Labute approximate surface area is 165 Å².